The summed E-state index contributed by atoms with van der Waals surface area (Å²) in [5.41, 5.74) is 0. The maximum atomic E-state index is 12.1. The fraction of sp³-hybridized carbons (Fsp3) is 0.417. The van der Waals surface area contributed by atoms with Crippen LogP contribution in [0, 0.1) is 5.92 Å². The van der Waals surface area contributed by atoms with Crippen molar-refractivity contribution in [3.05, 3.63) is 17.5 Å². The molecule has 1 amide bonds. The Bertz CT molecular complexity index is 546. The van der Waals surface area contributed by atoms with Gasteiger partial charge in [0.2, 0.25) is 11.0 Å². The third kappa shape index (κ3) is 2.99. The number of aromatic nitrogens is 2. The van der Waals surface area contributed by atoms with Gasteiger partial charge in [0.05, 0.1) is 4.88 Å². The van der Waals surface area contributed by atoms with Crippen LogP contribution in [-0.2, 0) is 4.79 Å². The molecule has 2 aromatic heterocycles. The highest BCUT2D eigenvalue weighted by Gasteiger charge is 2.22. The quantitative estimate of drug-likeness (QED) is 0.911. The number of anilines is 1. The lowest BCUT2D eigenvalue weighted by Crippen LogP contribution is -2.34. The summed E-state index contributed by atoms with van der Waals surface area (Å²) in [7, 11) is 0. The summed E-state index contributed by atoms with van der Waals surface area (Å²) < 4.78 is 4.27. The Morgan fingerprint density at radius 2 is 2.26 bits per heavy atom. The first-order valence-corrected chi connectivity index (χ1v) is 7.87. The fourth-order valence-electron chi connectivity index (χ4n) is 2.07. The highest BCUT2D eigenvalue weighted by molar-refractivity contribution is 7.14. The van der Waals surface area contributed by atoms with Crippen molar-refractivity contribution >= 4 is 33.9 Å². The fourth-order valence-corrected chi connectivity index (χ4v) is 3.37. The standard InChI is InChI=1S/C12H14N4OS2/c17-11(8-3-5-13-6-4-8)15-12-14-10(16-19-12)9-2-1-7-18-9/h1-2,7-8,13H,3-6H2,(H,14,15,16,17). The molecule has 5 nitrogen and oxygen atoms in total. The summed E-state index contributed by atoms with van der Waals surface area (Å²) in [6.45, 7) is 1.82. The molecule has 1 fully saturated rings. The SMILES string of the molecule is O=C(Nc1nc(-c2cccs2)ns1)C1CCNCC1. The molecule has 0 unspecified atom stereocenters. The van der Waals surface area contributed by atoms with Crippen molar-refractivity contribution in [2.75, 3.05) is 18.4 Å². The molecule has 2 aromatic rings. The van der Waals surface area contributed by atoms with Crippen molar-refractivity contribution in [1.29, 1.82) is 0 Å². The Labute approximate surface area is 119 Å². The molecule has 100 valence electrons. The van der Waals surface area contributed by atoms with Gasteiger partial charge in [0.1, 0.15) is 0 Å². The molecule has 0 radical (unpaired) electrons. The van der Waals surface area contributed by atoms with Crippen LogP contribution in [0.5, 0.6) is 0 Å². The lowest BCUT2D eigenvalue weighted by atomic mass is 9.97. The highest BCUT2D eigenvalue weighted by Crippen LogP contribution is 2.25. The van der Waals surface area contributed by atoms with Crippen molar-refractivity contribution < 1.29 is 4.79 Å². The lowest BCUT2D eigenvalue weighted by molar-refractivity contribution is -0.120. The van der Waals surface area contributed by atoms with E-state index in [4.69, 9.17) is 0 Å². The van der Waals surface area contributed by atoms with Gasteiger partial charge in [0, 0.05) is 17.5 Å². The van der Waals surface area contributed by atoms with Crippen molar-refractivity contribution in [1.82, 2.24) is 14.7 Å². The summed E-state index contributed by atoms with van der Waals surface area (Å²) in [6.07, 6.45) is 1.78. The Morgan fingerprint density at radius 3 is 3.00 bits per heavy atom. The van der Waals surface area contributed by atoms with E-state index in [9.17, 15) is 4.79 Å². The minimum Gasteiger partial charge on any atom is -0.317 e. The number of rotatable bonds is 3. The molecule has 7 heteroatoms. The number of piperidine rings is 1. The molecule has 1 aliphatic rings. The first kappa shape index (κ1) is 12.7. The summed E-state index contributed by atoms with van der Waals surface area (Å²) in [6, 6.07) is 3.94. The van der Waals surface area contributed by atoms with Gasteiger partial charge in [-0.25, -0.2) is 0 Å². The van der Waals surface area contributed by atoms with Crippen LogP contribution in [-0.4, -0.2) is 28.4 Å². The van der Waals surface area contributed by atoms with Crippen LogP contribution >= 0.6 is 22.9 Å². The summed E-state index contributed by atoms with van der Waals surface area (Å²) in [5.74, 6) is 0.853. The highest BCUT2D eigenvalue weighted by atomic mass is 32.1. The predicted molar refractivity (Wildman–Crippen MR) is 77.4 cm³/mol. The third-order valence-electron chi connectivity index (χ3n) is 3.11. The number of hydrogen-bond donors (Lipinski definition) is 2. The predicted octanol–water partition coefficient (Wildman–Crippen LogP) is 2.20. The summed E-state index contributed by atoms with van der Waals surface area (Å²) >= 11 is 2.84. The number of carbonyl (C=O) groups excluding carboxylic acids is 1. The first-order chi connectivity index (χ1) is 9.33. The molecule has 1 aliphatic heterocycles. The van der Waals surface area contributed by atoms with Gasteiger partial charge in [-0.05, 0) is 37.4 Å². The monoisotopic (exact) mass is 294 g/mol. The molecular formula is C12H14N4OS2. The number of carbonyl (C=O) groups is 1. The zero-order valence-electron chi connectivity index (χ0n) is 10.3. The van der Waals surface area contributed by atoms with Crippen LogP contribution in [0.15, 0.2) is 17.5 Å². The molecule has 0 aliphatic carbocycles. The molecule has 0 aromatic carbocycles. The molecule has 3 rings (SSSR count). The molecule has 2 N–H and O–H groups in total. The maximum Gasteiger partial charge on any atom is 0.229 e. The number of nitrogens with zero attached hydrogens (tertiary/aromatic N) is 2. The minimum atomic E-state index is 0.0652. The lowest BCUT2D eigenvalue weighted by Gasteiger charge is -2.20. The number of hydrogen-bond acceptors (Lipinski definition) is 6. The number of nitrogens with one attached hydrogen (secondary N) is 2. The smallest absolute Gasteiger partial charge is 0.229 e. The van der Waals surface area contributed by atoms with Crippen molar-refractivity contribution in [3.8, 4) is 10.7 Å². The topological polar surface area (TPSA) is 66.9 Å². The normalized spacial score (nSPS) is 16.4. The van der Waals surface area contributed by atoms with Crippen LogP contribution in [0.25, 0.3) is 10.7 Å². The zero-order valence-corrected chi connectivity index (χ0v) is 11.9. The molecule has 19 heavy (non-hydrogen) atoms. The van der Waals surface area contributed by atoms with Gasteiger partial charge in [-0.3, -0.25) is 4.79 Å². The van der Waals surface area contributed by atoms with Gasteiger partial charge < -0.3 is 10.6 Å². The third-order valence-corrected chi connectivity index (χ3v) is 4.60. The molecule has 0 bridgehead atoms. The van der Waals surface area contributed by atoms with Gasteiger partial charge in [-0.2, -0.15) is 9.36 Å². The number of amides is 1. The molecule has 1 saturated heterocycles. The van der Waals surface area contributed by atoms with E-state index in [1.54, 1.807) is 11.3 Å². The van der Waals surface area contributed by atoms with E-state index in [2.05, 4.69) is 20.0 Å². The van der Waals surface area contributed by atoms with Crippen molar-refractivity contribution in [2.45, 2.75) is 12.8 Å². The van der Waals surface area contributed by atoms with Crippen molar-refractivity contribution in [3.63, 3.8) is 0 Å². The molecular weight excluding hydrogens is 280 g/mol. The van der Waals surface area contributed by atoms with Gasteiger partial charge in [-0.1, -0.05) is 6.07 Å². The zero-order chi connectivity index (χ0) is 13.1. The van der Waals surface area contributed by atoms with Crippen LogP contribution in [0.2, 0.25) is 0 Å². The van der Waals surface area contributed by atoms with Crippen molar-refractivity contribution in [2.24, 2.45) is 5.92 Å². The molecule has 3 heterocycles. The Kier molecular flexibility index (Phi) is 3.86. The second-order valence-electron chi connectivity index (χ2n) is 4.41. The maximum absolute atomic E-state index is 12.1. The van der Waals surface area contributed by atoms with E-state index in [1.165, 1.54) is 11.5 Å². The largest absolute Gasteiger partial charge is 0.317 e. The molecule has 0 spiro atoms. The first-order valence-electron chi connectivity index (χ1n) is 6.22. The Balaban J connectivity index is 1.65. The van der Waals surface area contributed by atoms with E-state index in [0.29, 0.717) is 11.0 Å². The van der Waals surface area contributed by atoms with E-state index >= 15 is 0 Å². The van der Waals surface area contributed by atoms with Gasteiger partial charge in [0.25, 0.3) is 0 Å². The van der Waals surface area contributed by atoms with E-state index in [0.717, 1.165) is 30.8 Å². The van der Waals surface area contributed by atoms with E-state index < -0.39 is 0 Å². The Morgan fingerprint density at radius 1 is 1.42 bits per heavy atom. The minimum absolute atomic E-state index is 0.0652. The average molecular weight is 294 g/mol. The number of thiophene rings is 1. The van der Waals surface area contributed by atoms with Crippen LogP contribution in [0.3, 0.4) is 0 Å². The average Bonchev–Trinajstić information content (AvgIpc) is 3.10. The Hall–Kier alpha value is -1.31. The van der Waals surface area contributed by atoms with E-state index in [-0.39, 0.29) is 11.8 Å². The van der Waals surface area contributed by atoms with Gasteiger partial charge >= 0.3 is 0 Å². The second-order valence-corrected chi connectivity index (χ2v) is 6.11. The second kappa shape index (κ2) is 5.77. The van der Waals surface area contributed by atoms with Crippen LogP contribution < -0.4 is 10.6 Å². The van der Waals surface area contributed by atoms with Crippen LogP contribution in [0.4, 0.5) is 5.13 Å². The van der Waals surface area contributed by atoms with E-state index in [1.807, 2.05) is 17.5 Å². The van der Waals surface area contributed by atoms with Crippen LogP contribution in [0.1, 0.15) is 12.8 Å². The summed E-state index contributed by atoms with van der Waals surface area (Å²) in [5, 5.41) is 8.71. The molecule has 0 atom stereocenters. The molecule has 0 saturated carbocycles. The summed E-state index contributed by atoms with van der Waals surface area (Å²) in [4.78, 5) is 17.5. The van der Waals surface area contributed by atoms with Gasteiger partial charge in [0.15, 0.2) is 5.82 Å². The van der Waals surface area contributed by atoms with Gasteiger partial charge in [-0.15, -0.1) is 11.3 Å².